The van der Waals surface area contributed by atoms with Crippen LogP contribution in [0.25, 0.3) is 22.1 Å². The Labute approximate surface area is 156 Å². The number of fused-ring (bicyclic) bond motifs is 2. The maximum absolute atomic E-state index is 13.2. The van der Waals surface area contributed by atoms with Gasteiger partial charge in [0.1, 0.15) is 17.2 Å². The van der Waals surface area contributed by atoms with E-state index in [-0.39, 0.29) is 28.0 Å². The van der Waals surface area contributed by atoms with Crippen LogP contribution in [0.4, 0.5) is 0 Å². The van der Waals surface area contributed by atoms with E-state index in [0.717, 1.165) is 25.7 Å². The Morgan fingerprint density at radius 3 is 2.78 bits per heavy atom. The van der Waals surface area contributed by atoms with Gasteiger partial charge in [-0.05, 0) is 25.0 Å². The topological polar surface area (TPSA) is 74.3 Å². The second-order valence-electron chi connectivity index (χ2n) is 6.98. The van der Waals surface area contributed by atoms with Crippen molar-refractivity contribution in [1.82, 2.24) is 9.55 Å². The summed E-state index contributed by atoms with van der Waals surface area (Å²) in [5, 5.41) is 0.340. The molecule has 0 saturated heterocycles. The summed E-state index contributed by atoms with van der Waals surface area (Å²) in [6.07, 6.45) is 7.07. The third kappa shape index (κ3) is 2.95. The maximum atomic E-state index is 13.2. The van der Waals surface area contributed by atoms with Crippen LogP contribution in [0.3, 0.4) is 0 Å². The molecule has 2 heterocycles. The summed E-state index contributed by atoms with van der Waals surface area (Å²) in [4.78, 5) is 30.8. The fourth-order valence-electron chi connectivity index (χ4n) is 3.94. The van der Waals surface area contributed by atoms with Gasteiger partial charge in [-0.15, -0.1) is 6.58 Å². The minimum atomic E-state index is -0.362. The van der Waals surface area contributed by atoms with Crippen LogP contribution < -0.4 is 15.7 Å². The van der Waals surface area contributed by atoms with Crippen molar-refractivity contribution in [1.29, 1.82) is 0 Å². The number of nitrogens with zero attached hydrogens (tertiary/aromatic N) is 2. The van der Waals surface area contributed by atoms with Crippen molar-refractivity contribution in [3.05, 3.63) is 57.3 Å². The number of allylic oxidation sites excluding steroid dienone is 1. The molecule has 6 heteroatoms. The van der Waals surface area contributed by atoms with Crippen LogP contribution >= 0.6 is 0 Å². The number of benzene rings is 1. The Balaban J connectivity index is 2.04. The SMILES string of the molecule is C=CCn1c(C2CCCCC2)nc2oc3cc(OC)ccc3c(=O)c2c1=O. The van der Waals surface area contributed by atoms with E-state index in [1.807, 2.05) is 0 Å². The molecular formula is C21H22N2O4. The molecule has 0 spiro atoms. The van der Waals surface area contributed by atoms with E-state index in [2.05, 4.69) is 11.6 Å². The Bertz CT molecular complexity index is 1140. The summed E-state index contributed by atoms with van der Waals surface area (Å²) in [6.45, 7) is 4.08. The Morgan fingerprint density at radius 2 is 2.07 bits per heavy atom. The molecule has 1 saturated carbocycles. The first-order valence-corrected chi connectivity index (χ1v) is 9.30. The number of aromatic nitrogens is 2. The highest BCUT2D eigenvalue weighted by Crippen LogP contribution is 2.32. The van der Waals surface area contributed by atoms with Gasteiger partial charge in [-0.3, -0.25) is 14.2 Å². The molecule has 1 aliphatic carbocycles. The molecular weight excluding hydrogens is 344 g/mol. The predicted octanol–water partition coefficient (Wildman–Crippen LogP) is 3.75. The molecule has 0 atom stereocenters. The molecule has 3 aromatic rings. The Hall–Kier alpha value is -2.89. The van der Waals surface area contributed by atoms with Gasteiger partial charge in [0.2, 0.25) is 11.1 Å². The molecule has 6 nitrogen and oxygen atoms in total. The first-order valence-electron chi connectivity index (χ1n) is 9.30. The number of hydrogen-bond donors (Lipinski definition) is 0. The van der Waals surface area contributed by atoms with Gasteiger partial charge in [-0.25, -0.2) is 0 Å². The quantitative estimate of drug-likeness (QED) is 0.519. The third-order valence-corrected chi connectivity index (χ3v) is 5.31. The van der Waals surface area contributed by atoms with Gasteiger partial charge in [0, 0.05) is 18.5 Å². The highest BCUT2D eigenvalue weighted by molar-refractivity contribution is 5.88. The number of rotatable bonds is 4. The van der Waals surface area contributed by atoms with Crippen molar-refractivity contribution in [2.75, 3.05) is 7.11 Å². The minimum absolute atomic E-state index is 0.00548. The van der Waals surface area contributed by atoms with Crippen LogP contribution in [0.5, 0.6) is 5.75 Å². The van der Waals surface area contributed by atoms with Gasteiger partial charge >= 0.3 is 0 Å². The molecule has 140 valence electrons. The lowest BCUT2D eigenvalue weighted by molar-refractivity contribution is 0.411. The van der Waals surface area contributed by atoms with E-state index >= 15 is 0 Å². The van der Waals surface area contributed by atoms with Crippen LogP contribution in [0.1, 0.15) is 43.8 Å². The molecule has 4 rings (SSSR count). The zero-order valence-corrected chi connectivity index (χ0v) is 15.4. The van der Waals surface area contributed by atoms with Crippen molar-refractivity contribution >= 4 is 22.1 Å². The lowest BCUT2D eigenvalue weighted by atomic mass is 9.88. The maximum Gasteiger partial charge on any atom is 0.269 e. The van der Waals surface area contributed by atoms with Crippen molar-refractivity contribution in [2.45, 2.75) is 44.6 Å². The normalized spacial score (nSPS) is 15.3. The van der Waals surface area contributed by atoms with Crippen molar-refractivity contribution in [3.63, 3.8) is 0 Å². The fraction of sp³-hybridized carbons (Fsp3) is 0.381. The molecule has 0 N–H and O–H groups in total. The van der Waals surface area contributed by atoms with Gasteiger partial charge in [0.15, 0.2) is 5.39 Å². The lowest BCUT2D eigenvalue weighted by Crippen LogP contribution is -2.30. The molecule has 0 bridgehead atoms. The van der Waals surface area contributed by atoms with Crippen LogP contribution in [0.15, 0.2) is 44.9 Å². The van der Waals surface area contributed by atoms with Gasteiger partial charge in [0.05, 0.1) is 12.5 Å². The zero-order valence-electron chi connectivity index (χ0n) is 15.4. The fourth-order valence-corrected chi connectivity index (χ4v) is 3.94. The van der Waals surface area contributed by atoms with Crippen LogP contribution in [-0.2, 0) is 6.54 Å². The summed E-state index contributed by atoms with van der Waals surface area (Å²) in [5.74, 6) is 1.47. The monoisotopic (exact) mass is 366 g/mol. The van der Waals surface area contributed by atoms with Crippen molar-refractivity contribution in [2.24, 2.45) is 0 Å². The molecule has 1 fully saturated rings. The number of ether oxygens (including phenoxy) is 1. The van der Waals surface area contributed by atoms with E-state index in [0.29, 0.717) is 29.1 Å². The first kappa shape index (κ1) is 17.5. The largest absolute Gasteiger partial charge is 0.497 e. The highest BCUT2D eigenvalue weighted by atomic mass is 16.5. The van der Waals surface area contributed by atoms with E-state index in [9.17, 15) is 9.59 Å². The summed E-state index contributed by atoms with van der Waals surface area (Å²) in [6, 6.07) is 4.94. The average molecular weight is 366 g/mol. The van der Waals surface area contributed by atoms with Gasteiger partial charge in [0.25, 0.3) is 5.56 Å². The average Bonchev–Trinajstić information content (AvgIpc) is 2.70. The Kier molecular flexibility index (Phi) is 4.56. The second kappa shape index (κ2) is 7.02. The molecule has 0 amide bonds. The van der Waals surface area contributed by atoms with Gasteiger partial charge < -0.3 is 9.15 Å². The highest BCUT2D eigenvalue weighted by Gasteiger charge is 2.24. The third-order valence-electron chi connectivity index (χ3n) is 5.31. The standard InChI is InChI=1S/C21H22N2O4/c1-3-11-23-19(13-7-5-4-6-8-13)22-20-17(21(23)25)18(24)15-10-9-14(26-2)12-16(15)27-20/h3,9-10,12-13H,1,4-8,11H2,2H3. The summed E-state index contributed by atoms with van der Waals surface area (Å²) in [5.41, 5.74) is -0.243. The minimum Gasteiger partial charge on any atom is -0.497 e. The summed E-state index contributed by atoms with van der Waals surface area (Å²) < 4.78 is 12.7. The summed E-state index contributed by atoms with van der Waals surface area (Å²) >= 11 is 0. The van der Waals surface area contributed by atoms with E-state index in [1.54, 1.807) is 36.0 Å². The zero-order chi connectivity index (χ0) is 19.0. The molecule has 0 radical (unpaired) electrons. The van der Waals surface area contributed by atoms with Crippen molar-refractivity contribution in [3.8, 4) is 5.75 Å². The van der Waals surface area contributed by atoms with E-state index in [1.165, 1.54) is 6.42 Å². The molecule has 0 unspecified atom stereocenters. The summed E-state index contributed by atoms with van der Waals surface area (Å²) in [7, 11) is 1.55. The van der Waals surface area contributed by atoms with Crippen molar-refractivity contribution < 1.29 is 9.15 Å². The smallest absolute Gasteiger partial charge is 0.269 e. The molecule has 27 heavy (non-hydrogen) atoms. The molecule has 0 aliphatic heterocycles. The van der Waals surface area contributed by atoms with Crippen LogP contribution in [0.2, 0.25) is 0 Å². The number of methoxy groups -OCH3 is 1. The van der Waals surface area contributed by atoms with Crippen LogP contribution in [-0.4, -0.2) is 16.7 Å². The predicted molar refractivity (Wildman–Crippen MR) is 105 cm³/mol. The molecule has 1 aromatic carbocycles. The molecule has 2 aromatic heterocycles. The second-order valence-corrected chi connectivity index (χ2v) is 6.98. The number of hydrogen-bond acceptors (Lipinski definition) is 5. The van der Waals surface area contributed by atoms with E-state index < -0.39 is 0 Å². The first-order chi connectivity index (χ1) is 13.1. The lowest BCUT2D eigenvalue weighted by Gasteiger charge is -2.23. The Morgan fingerprint density at radius 1 is 1.30 bits per heavy atom. The van der Waals surface area contributed by atoms with Gasteiger partial charge in [-0.2, -0.15) is 4.98 Å². The van der Waals surface area contributed by atoms with Gasteiger partial charge in [-0.1, -0.05) is 25.3 Å². The molecule has 1 aliphatic rings. The van der Waals surface area contributed by atoms with E-state index in [4.69, 9.17) is 9.15 Å². The van der Waals surface area contributed by atoms with Crippen LogP contribution in [0, 0.1) is 0 Å².